The Balaban J connectivity index is 2.64. The number of nitrogens with one attached hydrogen (secondary N) is 1. The molecule has 82 valence electrons. The molecule has 0 atom stereocenters. The van der Waals surface area contributed by atoms with Gasteiger partial charge in [0.25, 0.3) is 0 Å². The van der Waals surface area contributed by atoms with Crippen LogP contribution < -0.4 is 5.32 Å². The van der Waals surface area contributed by atoms with E-state index in [-0.39, 0.29) is 5.69 Å². The van der Waals surface area contributed by atoms with Crippen molar-refractivity contribution in [1.82, 2.24) is 0 Å². The van der Waals surface area contributed by atoms with E-state index in [1.165, 1.54) is 12.1 Å². The molecule has 0 saturated carbocycles. The molecule has 0 aromatic heterocycles. The molecule has 3 nitrogen and oxygen atoms in total. The molecule has 0 bridgehead atoms. The lowest BCUT2D eigenvalue weighted by Crippen LogP contribution is -2.27. The lowest BCUT2D eigenvalue weighted by molar-refractivity contribution is 0.0635. The number of ether oxygens (including phenoxy) is 1. The molecule has 0 aliphatic rings. The Morgan fingerprint density at radius 2 is 1.93 bits per heavy atom. The second kappa shape index (κ2) is 4.29. The molecule has 1 amide bonds. The quantitative estimate of drug-likeness (QED) is 0.784. The van der Waals surface area contributed by atoms with Crippen molar-refractivity contribution in [3.8, 4) is 0 Å². The largest absolute Gasteiger partial charge is 0.444 e. The Kier molecular flexibility index (Phi) is 3.29. The van der Waals surface area contributed by atoms with Gasteiger partial charge in [0.2, 0.25) is 0 Å². The monoisotopic (exact) mass is 217 g/mol. The fraction of sp³-hybridized carbons (Fsp3) is 0.364. The van der Waals surface area contributed by atoms with E-state index in [9.17, 15) is 9.18 Å². The van der Waals surface area contributed by atoms with E-state index in [0.717, 1.165) is 0 Å². The molecule has 0 aliphatic carbocycles. The summed E-state index contributed by atoms with van der Waals surface area (Å²) in [6.07, 6.45) is -0.660. The lowest BCUT2D eigenvalue weighted by Gasteiger charge is -2.19. The number of hydrogen-bond acceptors (Lipinski definition) is 2. The number of carbonyl (C=O) groups is 1. The van der Waals surface area contributed by atoms with Gasteiger partial charge in [-0.25, -0.2) is 9.18 Å². The normalized spacial score (nSPS) is 10.9. The molecule has 1 N–H and O–H groups in total. The number of carbonyl (C=O) groups excluding carboxylic acids is 1. The van der Waals surface area contributed by atoms with Crippen molar-refractivity contribution in [1.29, 1.82) is 0 Å². The molecule has 0 spiro atoms. The minimum Gasteiger partial charge on any atom is -0.444 e. The third-order valence-corrected chi connectivity index (χ3v) is 1.51. The zero-order valence-corrected chi connectivity index (χ0v) is 9.00. The maximum Gasteiger partial charge on any atom is 0.412 e. The van der Waals surface area contributed by atoms with E-state index in [1.807, 2.05) is 0 Å². The van der Waals surface area contributed by atoms with Crippen LogP contribution in [0, 0.1) is 5.82 Å². The highest BCUT2D eigenvalue weighted by Crippen LogP contribution is 2.14. The van der Waals surface area contributed by atoms with Crippen molar-refractivity contribution in [2.45, 2.75) is 26.4 Å². The van der Waals surface area contributed by atoms with E-state index >= 15 is 0 Å². The molecule has 0 unspecified atom stereocenters. The van der Waals surface area contributed by atoms with Crippen LogP contribution in [0.1, 0.15) is 20.8 Å². The van der Waals surface area contributed by atoms with Crippen LogP contribution in [0.2, 0.25) is 0 Å². The first-order chi connectivity index (χ1) is 6.88. The number of rotatable bonds is 1. The van der Waals surface area contributed by atoms with Crippen LogP contribution in [0.5, 0.6) is 0 Å². The Morgan fingerprint density at radius 1 is 1.33 bits per heavy atom. The smallest absolute Gasteiger partial charge is 0.412 e. The highest BCUT2D eigenvalue weighted by molar-refractivity contribution is 5.84. The molecule has 0 radical (unpaired) electrons. The predicted octanol–water partition coefficient (Wildman–Crippen LogP) is 3.17. The van der Waals surface area contributed by atoms with Gasteiger partial charge in [-0.05, 0) is 32.9 Å². The first-order valence-corrected chi connectivity index (χ1v) is 4.63. The second-order valence-electron chi connectivity index (χ2n) is 4.11. The molecule has 1 aromatic carbocycles. The molecule has 1 aromatic rings. The third-order valence-electron chi connectivity index (χ3n) is 1.51. The van der Waals surface area contributed by atoms with Crippen LogP contribution in [0.15, 0.2) is 24.3 Å². The van der Waals surface area contributed by atoms with Gasteiger partial charge in [-0.3, -0.25) is 5.32 Å². The molecular formula is C11H14FNO2. The van der Waals surface area contributed by atoms with Gasteiger partial charge in [-0.1, -0.05) is 12.1 Å². The number of anilines is 1. The van der Waals surface area contributed by atoms with Crippen molar-refractivity contribution in [2.24, 2.45) is 0 Å². The molecule has 1 rings (SSSR count). The van der Waals surface area contributed by atoms with Gasteiger partial charge < -0.3 is 4.74 Å². The minimum atomic E-state index is -0.660. The molecule has 0 fully saturated rings. The highest BCUT2D eigenvalue weighted by Gasteiger charge is 2.16. The van der Waals surface area contributed by atoms with Crippen molar-refractivity contribution >= 4 is 11.8 Å². The highest BCUT2D eigenvalue weighted by atomic mass is 19.2. The molecule has 0 heterocycles. The van der Waals surface area contributed by atoms with Crippen LogP contribution in [-0.4, -0.2) is 11.7 Å². The van der Waals surface area contributed by atoms with Gasteiger partial charge in [0, 0.05) is 0 Å². The predicted molar refractivity (Wildman–Crippen MR) is 56.3 cm³/mol. The molecule has 4 heteroatoms. The molecule has 15 heavy (non-hydrogen) atoms. The number of halogens is 1. The summed E-state index contributed by atoms with van der Waals surface area (Å²) in [5.74, 6) is -0.483. The van der Waals surface area contributed by atoms with Gasteiger partial charge in [-0.2, -0.15) is 0 Å². The summed E-state index contributed by atoms with van der Waals surface area (Å²) in [5, 5.41) is 2.33. The Bertz CT molecular complexity index is 358. The van der Waals surface area contributed by atoms with Gasteiger partial charge >= 0.3 is 6.09 Å². The maximum atomic E-state index is 13.1. The lowest BCUT2D eigenvalue weighted by atomic mass is 10.2. The third kappa shape index (κ3) is 3.97. The summed E-state index contributed by atoms with van der Waals surface area (Å²) in [6.45, 7) is 5.23. The zero-order valence-electron chi connectivity index (χ0n) is 9.00. The van der Waals surface area contributed by atoms with Crippen molar-refractivity contribution in [3.05, 3.63) is 30.1 Å². The van der Waals surface area contributed by atoms with Crippen LogP contribution in [0.25, 0.3) is 0 Å². The van der Waals surface area contributed by atoms with Crippen LogP contribution >= 0.6 is 0 Å². The SMILES string of the molecule is CC(C)(C)OC(=O)N[13c]1[13cH][13cH][13cH][13cH][13c]1F. The summed E-state index contributed by atoms with van der Waals surface area (Å²) < 4.78 is 18.1. The summed E-state index contributed by atoms with van der Waals surface area (Å²) in [6, 6.07) is 5.93. The Hall–Kier alpha value is -1.58. The average Bonchev–Trinajstić information content (AvgIpc) is 2.05. The van der Waals surface area contributed by atoms with E-state index in [1.54, 1.807) is 32.9 Å². The van der Waals surface area contributed by atoms with E-state index in [0.29, 0.717) is 0 Å². The molecular weight excluding hydrogens is 203 g/mol. The fourth-order valence-electron chi connectivity index (χ4n) is 0.976. The van der Waals surface area contributed by atoms with Gasteiger partial charge in [0.05, 0.1) is 5.69 Å². The average molecular weight is 217 g/mol. The zero-order chi connectivity index (χ0) is 11.5. The van der Waals surface area contributed by atoms with Gasteiger partial charge in [0.1, 0.15) is 11.4 Å². The minimum absolute atomic E-state index is 0.117. The number of benzene rings is 1. The summed E-state index contributed by atoms with van der Waals surface area (Å²) in [5.41, 5.74) is -0.471. The molecule has 0 saturated heterocycles. The second-order valence-corrected chi connectivity index (χ2v) is 4.11. The maximum absolute atomic E-state index is 13.1. The van der Waals surface area contributed by atoms with Gasteiger partial charge in [0.15, 0.2) is 0 Å². The summed E-state index contributed by atoms with van der Waals surface area (Å²) in [4.78, 5) is 11.3. The first kappa shape index (κ1) is 11.5. The van der Waals surface area contributed by atoms with Crippen molar-refractivity contribution in [2.75, 3.05) is 5.32 Å². The first-order valence-electron chi connectivity index (χ1n) is 4.63. The fourth-order valence-corrected chi connectivity index (χ4v) is 0.976. The van der Waals surface area contributed by atoms with Gasteiger partial charge in [-0.15, -0.1) is 0 Å². The van der Waals surface area contributed by atoms with Crippen LogP contribution in [-0.2, 0) is 4.74 Å². The van der Waals surface area contributed by atoms with E-state index in [2.05, 4.69) is 5.32 Å². The summed E-state index contributed by atoms with van der Waals surface area (Å²) >= 11 is 0. The number of hydrogen-bond donors (Lipinski definition) is 1. The summed E-state index contributed by atoms with van der Waals surface area (Å²) in [7, 11) is 0. The number of amides is 1. The standard InChI is InChI=1S/C11H14FNO2/c1-11(2,3)15-10(14)13-9-7-5-4-6-8(9)12/h4-7H,1-3H3,(H,13,14)/i4+1,5+1,6+1,7+1,8+1,9+1. The van der Waals surface area contributed by atoms with Crippen molar-refractivity contribution in [3.63, 3.8) is 0 Å². The Labute approximate surface area is 88.2 Å². The van der Waals surface area contributed by atoms with E-state index in [4.69, 9.17) is 4.74 Å². The molecule has 0 aliphatic heterocycles. The van der Waals surface area contributed by atoms with Crippen LogP contribution in [0.4, 0.5) is 14.9 Å². The number of para-hydroxylation sites is 1. The van der Waals surface area contributed by atoms with Crippen LogP contribution in [0.3, 0.4) is 0 Å². The topological polar surface area (TPSA) is 38.3 Å². The Morgan fingerprint density at radius 3 is 2.47 bits per heavy atom. The van der Waals surface area contributed by atoms with Crippen molar-refractivity contribution < 1.29 is 13.9 Å². The van der Waals surface area contributed by atoms with E-state index < -0.39 is 17.5 Å².